The second-order valence-corrected chi connectivity index (χ2v) is 5.41. The summed E-state index contributed by atoms with van der Waals surface area (Å²) >= 11 is 0. The molecule has 1 aliphatic heterocycles. The Morgan fingerprint density at radius 2 is 2.26 bits per heavy atom. The fourth-order valence-corrected chi connectivity index (χ4v) is 2.67. The van der Waals surface area contributed by atoms with Gasteiger partial charge in [-0.3, -0.25) is 4.90 Å². The van der Waals surface area contributed by atoms with Gasteiger partial charge in [-0.05, 0) is 30.5 Å². The number of nitrogens with two attached hydrogens (primary N) is 1. The number of likely N-dealkylation sites (tertiary alicyclic amines) is 1. The van der Waals surface area contributed by atoms with Crippen molar-refractivity contribution in [1.82, 2.24) is 4.90 Å². The molecule has 1 aromatic carbocycles. The third-order valence-corrected chi connectivity index (χ3v) is 4.02. The fourth-order valence-electron chi connectivity index (χ4n) is 2.67. The normalized spacial score (nSPS) is 24.6. The largest absolute Gasteiger partial charge is 0.380 e. The minimum absolute atomic E-state index is 0.148. The zero-order chi connectivity index (χ0) is 13.8. The van der Waals surface area contributed by atoms with Crippen LogP contribution in [-0.2, 0) is 17.8 Å². The van der Waals surface area contributed by atoms with E-state index in [-0.39, 0.29) is 11.9 Å². The molecule has 1 saturated heterocycles. The van der Waals surface area contributed by atoms with Crippen LogP contribution in [0.5, 0.6) is 0 Å². The van der Waals surface area contributed by atoms with Gasteiger partial charge in [0, 0.05) is 32.3 Å². The summed E-state index contributed by atoms with van der Waals surface area (Å²) in [6.07, 6.45) is 1.34. The molecule has 0 spiro atoms. The van der Waals surface area contributed by atoms with Crippen LogP contribution in [0.15, 0.2) is 18.2 Å². The van der Waals surface area contributed by atoms with Gasteiger partial charge < -0.3 is 10.5 Å². The topological polar surface area (TPSA) is 38.5 Å². The molecule has 1 fully saturated rings. The number of rotatable bonds is 4. The summed E-state index contributed by atoms with van der Waals surface area (Å²) in [5, 5.41) is 0. The monoisotopic (exact) mass is 266 g/mol. The van der Waals surface area contributed by atoms with Gasteiger partial charge in [0.2, 0.25) is 0 Å². The number of hydrogen-bond donors (Lipinski definition) is 1. The summed E-state index contributed by atoms with van der Waals surface area (Å²) in [5.74, 6) is 0.422. The van der Waals surface area contributed by atoms with Crippen molar-refractivity contribution >= 4 is 0 Å². The number of nitrogens with zero attached hydrogens (tertiary/aromatic N) is 1. The number of benzene rings is 1. The van der Waals surface area contributed by atoms with E-state index in [4.69, 9.17) is 10.5 Å². The van der Waals surface area contributed by atoms with E-state index in [1.54, 1.807) is 13.2 Å². The molecule has 2 atom stereocenters. The standard InChI is InChI=1S/C15H23FN2O/c1-11-5-6-18(10-15(11)19-2)9-13-7-12(8-17)3-4-14(13)16/h3-4,7,11,15H,5-6,8-10,17H2,1-2H3. The maximum atomic E-state index is 13.8. The first kappa shape index (κ1) is 14.4. The molecule has 0 radical (unpaired) electrons. The van der Waals surface area contributed by atoms with Crippen molar-refractivity contribution in [2.24, 2.45) is 11.7 Å². The molecule has 2 unspecified atom stereocenters. The van der Waals surface area contributed by atoms with Crippen molar-refractivity contribution in [3.8, 4) is 0 Å². The van der Waals surface area contributed by atoms with Crippen LogP contribution in [0, 0.1) is 11.7 Å². The van der Waals surface area contributed by atoms with Gasteiger partial charge in [-0.15, -0.1) is 0 Å². The highest BCUT2D eigenvalue weighted by molar-refractivity contribution is 5.25. The van der Waals surface area contributed by atoms with E-state index in [0.29, 0.717) is 19.0 Å². The Balaban J connectivity index is 2.04. The van der Waals surface area contributed by atoms with Gasteiger partial charge in [0.15, 0.2) is 0 Å². The quantitative estimate of drug-likeness (QED) is 0.907. The predicted molar refractivity (Wildman–Crippen MR) is 74.1 cm³/mol. The predicted octanol–water partition coefficient (Wildman–Crippen LogP) is 2.14. The van der Waals surface area contributed by atoms with Crippen molar-refractivity contribution in [2.45, 2.75) is 32.5 Å². The highest BCUT2D eigenvalue weighted by Gasteiger charge is 2.26. The van der Waals surface area contributed by atoms with E-state index in [1.807, 2.05) is 6.07 Å². The van der Waals surface area contributed by atoms with Gasteiger partial charge in [0.1, 0.15) is 5.82 Å². The summed E-state index contributed by atoms with van der Waals surface area (Å²) in [5.41, 5.74) is 7.31. The van der Waals surface area contributed by atoms with Crippen molar-refractivity contribution in [3.63, 3.8) is 0 Å². The lowest BCUT2D eigenvalue weighted by atomic mass is 9.95. The number of ether oxygens (including phenoxy) is 1. The van der Waals surface area contributed by atoms with Crippen LogP contribution in [0.2, 0.25) is 0 Å². The molecule has 0 bridgehead atoms. The molecule has 0 saturated carbocycles. The van der Waals surface area contributed by atoms with E-state index in [2.05, 4.69) is 11.8 Å². The molecule has 2 N–H and O–H groups in total. The molecular weight excluding hydrogens is 243 g/mol. The summed E-state index contributed by atoms with van der Waals surface area (Å²) in [7, 11) is 1.75. The third-order valence-electron chi connectivity index (χ3n) is 4.02. The molecule has 19 heavy (non-hydrogen) atoms. The van der Waals surface area contributed by atoms with Gasteiger partial charge in [-0.2, -0.15) is 0 Å². The Morgan fingerprint density at radius 1 is 1.47 bits per heavy atom. The van der Waals surface area contributed by atoms with Crippen LogP contribution in [0.3, 0.4) is 0 Å². The highest BCUT2D eigenvalue weighted by Crippen LogP contribution is 2.22. The SMILES string of the molecule is COC1CN(Cc2cc(CN)ccc2F)CCC1C. The number of hydrogen-bond acceptors (Lipinski definition) is 3. The zero-order valence-corrected chi connectivity index (χ0v) is 11.7. The van der Waals surface area contributed by atoms with Gasteiger partial charge in [0.05, 0.1) is 6.10 Å². The lowest BCUT2D eigenvalue weighted by molar-refractivity contribution is -0.00772. The average molecular weight is 266 g/mol. The smallest absolute Gasteiger partial charge is 0.127 e. The van der Waals surface area contributed by atoms with E-state index in [9.17, 15) is 4.39 Å². The van der Waals surface area contributed by atoms with Gasteiger partial charge in [-0.25, -0.2) is 4.39 Å². The van der Waals surface area contributed by atoms with Crippen LogP contribution in [0.25, 0.3) is 0 Å². The molecule has 1 aromatic rings. The lowest BCUT2D eigenvalue weighted by Gasteiger charge is -2.36. The maximum absolute atomic E-state index is 13.8. The van der Waals surface area contributed by atoms with Crippen LogP contribution >= 0.6 is 0 Å². The molecule has 4 heteroatoms. The first-order valence-electron chi connectivity index (χ1n) is 6.86. The number of piperidine rings is 1. The van der Waals surface area contributed by atoms with E-state index in [1.165, 1.54) is 6.07 Å². The Bertz CT molecular complexity index is 425. The maximum Gasteiger partial charge on any atom is 0.127 e. The summed E-state index contributed by atoms with van der Waals surface area (Å²) in [6.45, 7) is 5.15. The Morgan fingerprint density at radius 3 is 2.95 bits per heavy atom. The number of halogens is 1. The minimum Gasteiger partial charge on any atom is -0.380 e. The van der Waals surface area contributed by atoms with Gasteiger partial charge in [-0.1, -0.05) is 19.1 Å². The van der Waals surface area contributed by atoms with E-state index >= 15 is 0 Å². The van der Waals surface area contributed by atoms with Crippen LogP contribution in [0.1, 0.15) is 24.5 Å². The first-order chi connectivity index (χ1) is 9.13. The second-order valence-electron chi connectivity index (χ2n) is 5.41. The molecule has 3 nitrogen and oxygen atoms in total. The Labute approximate surface area is 114 Å². The fraction of sp³-hybridized carbons (Fsp3) is 0.600. The second kappa shape index (κ2) is 6.46. The summed E-state index contributed by atoms with van der Waals surface area (Å²) in [4.78, 5) is 2.26. The third kappa shape index (κ3) is 3.53. The van der Waals surface area contributed by atoms with Crippen LogP contribution < -0.4 is 5.73 Å². The molecule has 106 valence electrons. The molecule has 1 aliphatic rings. The number of methoxy groups -OCH3 is 1. The van der Waals surface area contributed by atoms with E-state index < -0.39 is 0 Å². The molecule has 0 amide bonds. The minimum atomic E-state index is -0.148. The average Bonchev–Trinajstić information content (AvgIpc) is 2.43. The van der Waals surface area contributed by atoms with Crippen molar-refractivity contribution < 1.29 is 9.13 Å². The molecule has 0 aliphatic carbocycles. The van der Waals surface area contributed by atoms with Crippen molar-refractivity contribution in [3.05, 3.63) is 35.1 Å². The first-order valence-corrected chi connectivity index (χ1v) is 6.86. The van der Waals surface area contributed by atoms with Gasteiger partial charge in [0.25, 0.3) is 0 Å². The van der Waals surface area contributed by atoms with Crippen molar-refractivity contribution in [2.75, 3.05) is 20.2 Å². The lowest BCUT2D eigenvalue weighted by Crippen LogP contribution is -2.43. The van der Waals surface area contributed by atoms with Crippen LogP contribution in [0.4, 0.5) is 4.39 Å². The molecule has 0 aromatic heterocycles. The van der Waals surface area contributed by atoms with E-state index in [0.717, 1.165) is 30.6 Å². The molecular formula is C15H23FN2O. The Hall–Kier alpha value is -0.970. The molecule has 2 rings (SSSR count). The van der Waals surface area contributed by atoms with Crippen molar-refractivity contribution in [1.29, 1.82) is 0 Å². The zero-order valence-electron chi connectivity index (χ0n) is 11.7. The molecule has 1 heterocycles. The van der Waals surface area contributed by atoms with Gasteiger partial charge >= 0.3 is 0 Å². The highest BCUT2D eigenvalue weighted by atomic mass is 19.1. The summed E-state index contributed by atoms with van der Waals surface area (Å²) < 4.78 is 19.3. The summed E-state index contributed by atoms with van der Waals surface area (Å²) in [6, 6.07) is 5.13. The van der Waals surface area contributed by atoms with Crippen LogP contribution in [-0.4, -0.2) is 31.2 Å². The Kier molecular flexibility index (Phi) is 4.91.